The Morgan fingerprint density at radius 3 is 2.64 bits per heavy atom. The normalized spacial score (nSPS) is 14.0. The maximum absolute atomic E-state index is 14.4. The summed E-state index contributed by atoms with van der Waals surface area (Å²) >= 11 is 0. The molecule has 1 atom stereocenters. The van der Waals surface area contributed by atoms with E-state index in [0.717, 1.165) is 18.2 Å². The van der Waals surface area contributed by atoms with Crippen LogP contribution in [0.2, 0.25) is 0 Å². The number of anilines is 1. The fourth-order valence-corrected chi connectivity index (χ4v) is 3.67. The molecule has 1 aliphatic rings. The van der Waals surface area contributed by atoms with E-state index in [0.29, 0.717) is 11.3 Å². The highest BCUT2D eigenvalue weighted by Gasteiger charge is 2.41. The number of allylic oxidation sites excluding steroid dienone is 4. The van der Waals surface area contributed by atoms with Gasteiger partial charge in [0.2, 0.25) is 0 Å². The third-order valence-electron chi connectivity index (χ3n) is 5.57. The Hall–Kier alpha value is -4.06. The number of nitrogens with two attached hydrogens (primary N) is 1. The van der Waals surface area contributed by atoms with Gasteiger partial charge < -0.3 is 10.7 Å². The first-order valence-electron chi connectivity index (χ1n) is 10.8. The van der Waals surface area contributed by atoms with Crippen LogP contribution in [0.25, 0.3) is 17.1 Å². The van der Waals surface area contributed by atoms with E-state index in [9.17, 15) is 22.0 Å². The summed E-state index contributed by atoms with van der Waals surface area (Å²) in [5.74, 6) is 1.19. The van der Waals surface area contributed by atoms with Gasteiger partial charge in [0.15, 0.2) is 17.5 Å². The van der Waals surface area contributed by atoms with Crippen LogP contribution >= 0.6 is 0 Å². The van der Waals surface area contributed by atoms with Gasteiger partial charge in [0.05, 0.1) is 18.4 Å². The summed E-state index contributed by atoms with van der Waals surface area (Å²) in [5, 5.41) is 6.85. The van der Waals surface area contributed by atoms with Gasteiger partial charge in [-0.1, -0.05) is 43.0 Å². The number of nitrogens with one attached hydrogen (secondary N) is 2. The lowest BCUT2D eigenvalue weighted by Crippen LogP contribution is -2.38. The van der Waals surface area contributed by atoms with Crippen molar-refractivity contribution in [3.63, 3.8) is 0 Å². The molecule has 0 saturated heterocycles. The number of hydrazine groups is 1. The Bertz CT molecular complexity index is 1330. The molecule has 0 amide bonds. The van der Waals surface area contributed by atoms with Crippen LogP contribution in [0.5, 0.6) is 0 Å². The van der Waals surface area contributed by atoms with E-state index in [1.807, 2.05) is 23.7 Å². The molecule has 12 heteroatoms. The van der Waals surface area contributed by atoms with Gasteiger partial charge in [-0.15, -0.1) is 0 Å². The van der Waals surface area contributed by atoms with Crippen LogP contribution in [-0.2, 0) is 6.54 Å². The minimum atomic E-state index is -4.67. The number of hydrogen-bond donors (Lipinski definition) is 3. The highest BCUT2D eigenvalue weighted by atomic mass is 19.4. The topological polar surface area (TPSA) is 93.7 Å². The third-order valence-corrected chi connectivity index (χ3v) is 5.57. The van der Waals surface area contributed by atoms with Gasteiger partial charge in [-0.05, 0) is 24.1 Å². The molecule has 2 heterocycles. The highest BCUT2D eigenvalue weighted by molar-refractivity contribution is 5.76. The maximum Gasteiger partial charge on any atom is 0.398 e. The molecule has 36 heavy (non-hydrogen) atoms. The van der Waals surface area contributed by atoms with E-state index in [2.05, 4.69) is 27.0 Å². The van der Waals surface area contributed by atoms with Gasteiger partial charge >= 0.3 is 6.18 Å². The van der Waals surface area contributed by atoms with Gasteiger partial charge in [0.1, 0.15) is 17.4 Å². The fourth-order valence-electron chi connectivity index (χ4n) is 3.67. The van der Waals surface area contributed by atoms with Crippen molar-refractivity contribution in [2.24, 2.45) is 11.8 Å². The van der Waals surface area contributed by atoms with E-state index < -0.39 is 41.8 Å². The van der Waals surface area contributed by atoms with Crippen LogP contribution in [0.3, 0.4) is 0 Å². The zero-order valence-corrected chi connectivity index (χ0v) is 18.9. The van der Waals surface area contributed by atoms with Crippen molar-refractivity contribution in [1.29, 1.82) is 0 Å². The van der Waals surface area contributed by atoms with Crippen molar-refractivity contribution >= 4 is 11.4 Å². The minimum absolute atomic E-state index is 0.0191. The highest BCUT2D eigenvalue weighted by Crippen LogP contribution is 2.31. The molecule has 1 aromatic carbocycles. The smallest absolute Gasteiger partial charge is 0.366 e. The summed E-state index contributed by atoms with van der Waals surface area (Å²) < 4.78 is 70.2. The molecule has 1 aliphatic carbocycles. The number of aromatic nitrogens is 4. The zero-order chi connectivity index (χ0) is 25.9. The van der Waals surface area contributed by atoms with E-state index in [-0.39, 0.29) is 18.1 Å². The Labute approximate surface area is 203 Å². The fraction of sp³-hybridized carbons (Fsp3) is 0.208. The van der Waals surface area contributed by atoms with Gasteiger partial charge in [0.25, 0.3) is 0 Å². The van der Waals surface area contributed by atoms with Crippen LogP contribution in [0.15, 0.2) is 67.0 Å². The third kappa shape index (κ3) is 5.43. The van der Waals surface area contributed by atoms with Crippen molar-refractivity contribution in [1.82, 2.24) is 25.2 Å². The van der Waals surface area contributed by atoms with Crippen LogP contribution in [0.4, 0.5) is 27.8 Å². The molecule has 4 N–H and O–H groups in total. The van der Waals surface area contributed by atoms with E-state index in [1.165, 1.54) is 6.07 Å². The SMILES string of the molecule is C=C(NN)C(CNc1nc(-c2cc(C3=CCC=C3)n(Cc3ccccc3F)n2)ncc1F)C(F)(F)F. The standard InChI is InChI=1S/C24H22F5N7/c1-14(34-30)17(24(27,28)29)11-31-22-19(26)12-32-23(33-22)20-10-21(15-6-2-3-7-15)36(35-20)13-16-8-4-5-9-18(16)25/h2,4-10,12,17,34H,1,3,11,13,30H2,(H,31,32,33). The summed E-state index contributed by atoms with van der Waals surface area (Å²) in [6.45, 7) is 2.61. The van der Waals surface area contributed by atoms with Gasteiger partial charge in [-0.2, -0.15) is 18.3 Å². The molecule has 188 valence electrons. The lowest BCUT2D eigenvalue weighted by Gasteiger charge is -2.22. The van der Waals surface area contributed by atoms with Crippen LogP contribution in [-0.4, -0.2) is 32.5 Å². The number of rotatable bonds is 9. The van der Waals surface area contributed by atoms with Crippen LogP contribution < -0.4 is 16.6 Å². The molecule has 4 rings (SSSR count). The van der Waals surface area contributed by atoms with E-state index in [1.54, 1.807) is 28.9 Å². The molecular formula is C24H22F5N7. The molecule has 2 aromatic heterocycles. The van der Waals surface area contributed by atoms with Crippen molar-refractivity contribution in [2.45, 2.75) is 19.1 Å². The molecular weight excluding hydrogens is 481 g/mol. The average molecular weight is 503 g/mol. The second-order valence-electron chi connectivity index (χ2n) is 8.00. The average Bonchev–Trinajstić information content (AvgIpc) is 3.51. The zero-order valence-electron chi connectivity index (χ0n) is 18.9. The Morgan fingerprint density at radius 1 is 1.19 bits per heavy atom. The van der Waals surface area contributed by atoms with Crippen molar-refractivity contribution in [2.75, 3.05) is 11.9 Å². The number of hydrogen-bond acceptors (Lipinski definition) is 6. The maximum atomic E-state index is 14.4. The van der Waals surface area contributed by atoms with Gasteiger partial charge in [-0.25, -0.2) is 18.7 Å². The second kappa shape index (κ2) is 10.3. The molecule has 1 unspecified atom stereocenters. The Balaban J connectivity index is 1.65. The number of benzene rings is 1. The van der Waals surface area contributed by atoms with Crippen molar-refractivity contribution < 1.29 is 22.0 Å². The predicted octanol–water partition coefficient (Wildman–Crippen LogP) is 4.58. The Morgan fingerprint density at radius 2 is 1.97 bits per heavy atom. The first kappa shape index (κ1) is 25.0. The number of nitrogens with zero attached hydrogens (tertiary/aromatic N) is 4. The summed E-state index contributed by atoms with van der Waals surface area (Å²) in [6.07, 6.45) is 2.70. The van der Waals surface area contributed by atoms with E-state index in [4.69, 9.17) is 5.84 Å². The summed E-state index contributed by atoms with van der Waals surface area (Å²) in [4.78, 5) is 8.01. The second-order valence-corrected chi connectivity index (χ2v) is 8.00. The first-order valence-corrected chi connectivity index (χ1v) is 10.8. The van der Waals surface area contributed by atoms with E-state index >= 15 is 0 Å². The van der Waals surface area contributed by atoms with Crippen LogP contribution in [0, 0.1) is 17.6 Å². The largest absolute Gasteiger partial charge is 0.398 e. The lowest BCUT2D eigenvalue weighted by molar-refractivity contribution is -0.161. The summed E-state index contributed by atoms with van der Waals surface area (Å²) in [6, 6.07) is 7.94. The molecule has 0 radical (unpaired) electrons. The lowest BCUT2D eigenvalue weighted by atomic mass is 10.1. The molecule has 0 fully saturated rings. The van der Waals surface area contributed by atoms with Crippen molar-refractivity contribution in [3.05, 3.63) is 89.9 Å². The summed E-state index contributed by atoms with van der Waals surface area (Å²) in [5.41, 5.74) is 3.56. The summed E-state index contributed by atoms with van der Waals surface area (Å²) in [7, 11) is 0. The molecule has 0 saturated carbocycles. The molecule has 0 bridgehead atoms. The van der Waals surface area contributed by atoms with Crippen LogP contribution in [0.1, 0.15) is 17.7 Å². The molecule has 3 aromatic rings. The molecule has 7 nitrogen and oxygen atoms in total. The number of halogens is 5. The predicted molar refractivity (Wildman–Crippen MR) is 125 cm³/mol. The molecule has 0 aliphatic heterocycles. The van der Waals surface area contributed by atoms with Gasteiger partial charge in [-0.3, -0.25) is 10.5 Å². The monoisotopic (exact) mass is 503 g/mol. The quantitative estimate of drug-likeness (QED) is 0.225. The molecule has 0 spiro atoms. The van der Waals surface area contributed by atoms with Crippen molar-refractivity contribution in [3.8, 4) is 11.5 Å². The Kier molecular flexibility index (Phi) is 7.15. The first-order chi connectivity index (χ1) is 17.2. The number of alkyl halides is 3. The minimum Gasteiger partial charge on any atom is -0.366 e. The van der Waals surface area contributed by atoms with Gasteiger partial charge in [0, 0.05) is 17.8 Å².